The lowest BCUT2D eigenvalue weighted by Crippen LogP contribution is -2.11. The zero-order chi connectivity index (χ0) is 13.2. The molecule has 3 heteroatoms. The van der Waals surface area contributed by atoms with Crippen molar-refractivity contribution >= 4 is 22.6 Å². The zero-order valence-corrected chi connectivity index (χ0v) is 12.5. The van der Waals surface area contributed by atoms with E-state index in [0.29, 0.717) is 6.04 Å². The van der Waals surface area contributed by atoms with Gasteiger partial charge in [-0.1, -0.05) is 51.6 Å². The maximum absolute atomic E-state index is 4.64. The molecule has 1 aliphatic rings. The Morgan fingerprint density at radius 2 is 1.94 bits per heavy atom. The molecule has 0 spiro atoms. The van der Waals surface area contributed by atoms with Gasteiger partial charge in [-0.2, -0.15) is 0 Å². The van der Waals surface area contributed by atoms with Crippen LogP contribution in [0.4, 0.5) is 5.69 Å². The van der Waals surface area contributed by atoms with Crippen LogP contribution in [0.1, 0.15) is 39.7 Å². The third-order valence-corrected chi connectivity index (χ3v) is 4.22. The second-order valence-corrected chi connectivity index (χ2v) is 6.77. The van der Waals surface area contributed by atoms with Crippen LogP contribution in [0.25, 0.3) is 0 Å². The molecule has 1 heterocycles. The Kier molecular flexibility index (Phi) is 4.00. The molecule has 0 radical (unpaired) electrons. The number of nitrogens with zero attached hydrogens (tertiary/aromatic N) is 1. The maximum Gasteiger partial charge on any atom is 0.161 e. The van der Waals surface area contributed by atoms with Gasteiger partial charge in [-0.3, -0.25) is 4.99 Å². The Morgan fingerprint density at radius 1 is 1.28 bits per heavy atom. The van der Waals surface area contributed by atoms with E-state index in [9.17, 15) is 0 Å². The lowest BCUT2D eigenvalue weighted by Gasteiger charge is -2.19. The van der Waals surface area contributed by atoms with Crippen LogP contribution in [-0.2, 0) is 5.41 Å². The third-order valence-electron chi connectivity index (χ3n) is 3.19. The molecular weight excluding hydrogens is 240 g/mol. The van der Waals surface area contributed by atoms with Gasteiger partial charge in [0.2, 0.25) is 0 Å². The molecule has 0 fully saturated rings. The smallest absolute Gasteiger partial charge is 0.161 e. The minimum atomic E-state index is 0.214. The van der Waals surface area contributed by atoms with Crippen molar-refractivity contribution in [2.45, 2.75) is 45.6 Å². The number of amidine groups is 1. The second kappa shape index (κ2) is 5.35. The topological polar surface area (TPSA) is 24.4 Å². The molecule has 0 bridgehead atoms. The highest BCUT2D eigenvalue weighted by Crippen LogP contribution is 2.25. The normalized spacial score (nSPS) is 19.8. The van der Waals surface area contributed by atoms with Gasteiger partial charge in [-0.05, 0) is 29.5 Å². The van der Waals surface area contributed by atoms with E-state index in [-0.39, 0.29) is 5.41 Å². The first-order chi connectivity index (χ1) is 8.49. The molecule has 0 saturated heterocycles. The van der Waals surface area contributed by atoms with E-state index in [1.54, 1.807) is 0 Å². The summed E-state index contributed by atoms with van der Waals surface area (Å²) in [4.78, 5) is 4.64. The Hall–Kier alpha value is -0.960. The third kappa shape index (κ3) is 3.29. The van der Waals surface area contributed by atoms with E-state index < -0.39 is 0 Å². The van der Waals surface area contributed by atoms with E-state index in [1.165, 1.54) is 5.56 Å². The first-order valence-corrected chi connectivity index (χ1v) is 7.56. The van der Waals surface area contributed by atoms with Gasteiger partial charge in [-0.25, -0.2) is 0 Å². The fraction of sp³-hybridized carbons (Fsp3) is 0.533. The van der Waals surface area contributed by atoms with Crippen molar-refractivity contribution in [1.82, 2.24) is 0 Å². The van der Waals surface area contributed by atoms with Gasteiger partial charge < -0.3 is 5.32 Å². The van der Waals surface area contributed by atoms with Gasteiger partial charge >= 0.3 is 0 Å². The molecule has 1 aromatic carbocycles. The molecule has 18 heavy (non-hydrogen) atoms. The number of nitrogens with one attached hydrogen (secondary N) is 1. The number of benzene rings is 1. The SMILES string of the molecule is CCC1CSC(Nc2ccc(C(C)(C)C)cc2)=N1. The van der Waals surface area contributed by atoms with Crippen molar-refractivity contribution in [3.63, 3.8) is 0 Å². The molecule has 2 rings (SSSR count). The first kappa shape index (κ1) is 13.5. The summed E-state index contributed by atoms with van der Waals surface area (Å²) in [5, 5.41) is 4.46. The number of hydrogen-bond acceptors (Lipinski definition) is 3. The minimum Gasteiger partial charge on any atom is -0.335 e. The standard InChI is InChI=1S/C15H22N2S/c1-5-12-10-18-14(16-12)17-13-8-6-11(7-9-13)15(2,3)4/h6-9,12H,5,10H2,1-4H3,(H,16,17). The molecule has 0 aliphatic carbocycles. The fourth-order valence-corrected chi connectivity index (χ4v) is 2.94. The van der Waals surface area contributed by atoms with Crippen LogP contribution in [0.3, 0.4) is 0 Å². The predicted molar refractivity (Wildman–Crippen MR) is 82.7 cm³/mol. The Balaban J connectivity index is 2.03. The molecular formula is C15H22N2S. The largest absolute Gasteiger partial charge is 0.335 e. The molecule has 2 nitrogen and oxygen atoms in total. The predicted octanol–water partition coefficient (Wildman–Crippen LogP) is 4.28. The highest BCUT2D eigenvalue weighted by atomic mass is 32.2. The van der Waals surface area contributed by atoms with E-state index in [4.69, 9.17) is 0 Å². The maximum atomic E-state index is 4.64. The molecule has 1 aliphatic heterocycles. The van der Waals surface area contributed by atoms with E-state index in [2.05, 4.69) is 62.3 Å². The molecule has 1 unspecified atom stereocenters. The van der Waals surface area contributed by atoms with Crippen LogP contribution in [0.5, 0.6) is 0 Å². The highest BCUT2D eigenvalue weighted by Gasteiger charge is 2.17. The van der Waals surface area contributed by atoms with Crippen molar-refractivity contribution in [3.05, 3.63) is 29.8 Å². The molecule has 0 aromatic heterocycles. The van der Waals surface area contributed by atoms with Gasteiger partial charge in [-0.15, -0.1) is 0 Å². The van der Waals surface area contributed by atoms with Crippen LogP contribution < -0.4 is 5.32 Å². The Morgan fingerprint density at radius 3 is 2.44 bits per heavy atom. The van der Waals surface area contributed by atoms with Crippen molar-refractivity contribution < 1.29 is 0 Å². The number of aliphatic imine (C=N–C) groups is 1. The number of anilines is 1. The van der Waals surface area contributed by atoms with Crippen LogP contribution in [0.2, 0.25) is 0 Å². The van der Waals surface area contributed by atoms with Crippen molar-refractivity contribution in [1.29, 1.82) is 0 Å². The van der Waals surface area contributed by atoms with Crippen molar-refractivity contribution in [2.24, 2.45) is 4.99 Å². The first-order valence-electron chi connectivity index (χ1n) is 6.57. The summed E-state index contributed by atoms with van der Waals surface area (Å²) in [6.07, 6.45) is 1.13. The van der Waals surface area contributed by atoms with E-state index in [1.807, 2.05) is 11.8 Å². The van der Waals surface area contributed by atoms with Crippen molar-refractivity contribution in [2.75, 3.05) is 11.1 Å². The fourth-order valence-electron chi connectivity index (χ4n) is 1.87. The van der Waals surface area contributed by atoms with Gasteiger partial charge in [0.15, 0.2) is 5.17 Å². The van der Waals surface area contributed by atoms with Crippen LogP contribution in [-0.4, -0.2) is 17.0 Å². The average molecular weight is 262 g/mol. The summed E-state index contributed by atoms with van der Waals surface area (Å²) < 4.78 is 0. The van der Waals surface area contributed by atoms with Gasteiger partial charge in [0.05, 0.1) is 6.04 Å². The number of rotatable bonds is 2. The molecule has 98 valence electrons. The molecule has 0 saturated carbocycles. The quantitative estimate of drug-likeness (QED) is 0.860. The van der Waals surface area contributed by atoms with Crippen LogP contribution in [0, 0.1) is 0 Å². The summed E-state index contributed by atoms with van der Waals surface area (Å²) in [5.74, 6) is 1.11. The summed E-state index contributed by atoms with van der Waals surface area (Å²) in [6, 6.07) is 9.16. The summed E-state index contributed by atoms with van der Waals surface area (Å²) in [7, 11) is 0. The van der Waals surface area contributed by atoms with Crippen molar-refractivity contribution in [3.8, 4) is 0 Å². The van der Waals surface area contributed by atoms with E-state index >= 15 is 0 Å². The zero-order valence-electron chi connectivity index (χ0n) is 11.7. The molecule has 1 aromatic rings. The lowest BCUT2D eigenvalue weighted by molar-refractivity contribution is 0.590. The monoisotopic (exact) mass is 262 g/mol. The average Bonchev–Trinajstić information content (AvgIpc) is 2.76. The summed E-state index contributed by atoms with van der Waals surface area (Å²) in [5.41, 5.74) is 2.71. The number of thioether (sulfide) groups is 1. The number of hydrogen-bond donors (Lipinski definition) is 1. The van der Waals surface area contributed by atoms with Gasteiger partial charge in [0, 0.05) is 11.4 Å². The highest BCUT2D eigenvalue weighted by molar-refractivity contribution is 8.14. The van der Waals surface area contributed by atoms with Crippen LogP contribution >= 0.6 is 11.8 Å². The van der Waals surface area contributed by atoms with Gasteiger partial charge in [0.25, 0.3) is 0 Å². The summed E-state index contributed by atoms with van der Waals surface area (Å²) in [6.45, 7) is 8.89. The Bertz CT molecular complexity index is 429. The molecule has 0 amide bonds. The Labute approximate surface area is 114 Å². The lowest BCUT2D eigenvalue weighted by atomic mass is 9.87. The minimum absolute atomic E-state index is 0.214. The molecule has 1 N–H and O–H groups in total. The second-order valence-electron chi connectivity index (χ2n) is 5.76. The van der Waals surface area contributed by atoms with E-state index in [0.717, 1.165) is 23.0 Å². The molecule has 1 atom stereocenters. The van der Waals surface area contributed by atoms with Crippen LogP contribution in [0.15, 0.2) is 29.3 Å². The summed E-state index contributed by atoms with van der Waals surface area (Å²) >= 11 is 1.82. The van der Waals surface area contributed by atoms with Gasteiger partial charge in [0.1, 0.15) is 0 Å².